The molecule has 2 aromatic carbocycles. The fraction of sp³-hybridized carbons (Fsp3) is 0.316. The Kier molecular flexibility index (Phi) is 6.78. The van der Waals surface area contributed by atoms with E-state index in [1.807, 2.05) is 26.0 Å². The summed E-state index contributed by atoms with van der Waals surface area (Å²) in [6.07, 6.45) is 1.34. The number of amides is 1. The van der Waals surface area contributed by atoms with Crippen molar-refractivity contribution in [1.29, 1.82) is 0 Å². The molecule has 0 saturated heterocycles. The van der Waals surface area contributed by atoms with E-state index in [0.717, 1.165) is 21.7 Å². The number of sulfonamides is 1. The number of carbonyl (C=O) groups excluding carboxylic acids is 1. The van der Waals surface area contributed by atoms with Crippen molar-refractivity contribution in [2.24, 2.45) is 0 Å². The van der Waals surface area contributed by atoms with E-state index in [1.165, 1.54) is 18.2 Å². The van der Waals surface area contributed by atoms with Gasteiger partial charge in [0.15, 0.2) is 0 Å². The second-order valence-corrected chi connectivity index (χ2v) is 9.06. The first-order valence-electron chi connectivity index (χ1n) is 8.37. The van der Waals surface area contributed by atoms with Gasteiger partial charge in [0.05, 0.1) is 22.0 Å². The SMILES string of the molecule is CC[C@H](C(=O)Nc1ccc(C)cc1C)N(c1ccc(Cl)c(Cl)c1)S(C)(=O)=O. The molecule has 0 aliphatic heterocycles. The predicted molar refractivity (Wildman–Crippen MR) is 112 cm³/mol. The number of anilines is 2. The normalized spacial score (nSPS) is 12.5. The lowest BCUT2D eigenvalue weighted by Crippen LogP contribution is -2.47. The van der Waals surface area contributed by atoms with Crippen molar-refractivity contribution in [2.45, 2.75) is 33.2 Å². The van der Waals surface area contributed by atoms with E-state index in [4.69, 9.17) is 23.2 Å². The minimum Gasteiger partial charge on any atom is -0.324 e. The predicted octanol–water partition coefficient (Wildman–Crippen LogP) is 4.79. The Bertz CT molecular complexity index is 961. The summed E-state index contributed by atoms with van der Waals surface area (Å²) < 4.78 is 26.0. The molecule has 0 fully saturated rings. The molecular formula is C19H22Cl2N2O3S. The van der Waals surface area contributed by atoms with Crippen LogP contribution in [0.25, 0.3) is 0 Å². The zero-order valence-corrected chi connectivity index (χ0v) is 17.9. The molecule has 0 aliphatic rings. The quantitative estimate of drug-likeness (QED) is 0.718. The van der Waals surface area contributed by atoms with Crippen LogP contribution in [0.2, 0.25) is 10.0 Å². The Labute approximate surface area is 170 Å². The summed E-state index contributed by atoms with van der Waals surface area (Å²) in [4.78, 5) is 12.9. The van der Waals surface area contributed by atoms with Crippen molar-refractivity contribution in [3.8, 4) is 0 Å². The number of hydrogen-bond acceptors (Lipinski definition) is 3. The van der Waals surface area contributed by atoms with E-state index in [9.17, 15) is 13.2 Å². The van der Waals surface area contributed by atoms with E-state index in [1.54, 1.807) is 13.0 Å². The largest absolute Gasteiger partial charge is 0.324 e. The molecule has 2 aromatic rings. The maximum absolute atomic E-state index is 12.9. The van der Waals surface area contributed by atoms with Crippen molar-refractivity contribution in [3.63, 3.8) is 0 Å². The molecule has 0 radical (unpaired) electrons. The first kappa shape index (κ1) is 21.5. The second kappa shape index (κ2) is 8.50. The van der Waals surface area contributed by atoms with Crippen LogP contribution in [0.1, 0.15) is 24.5 Å². The minimum atomic E-state index is -3.74. The maximum atomic E-state index is 12.9. The highest BCUT2D eigenvalue weighted by Gasteiger charge is 2.32. The molecule has 27 heavy (non-hydrogen) atoms. The maximum Gasteiger partial charge on any atom is 0.248 e. The van der Waals surface area contributed by atoms with Crippen LogP contribution in [0, 0.1) is 13.8 Å². The first-order chi connectivity index (χ1) is 12.5. The molecule has 8 heteroatoms. The van der Waals surface area contributed by atoms with Gasteiger partial charge in [-0.25, -0.2) is 8.42 Å². The van der Waals surface area contributed by atoms with Crippen LogP contribution in [0.5, 0.6) is 0 Å². The van der Waals surface area contributed by atoms with Gasteiger partial charge in [-0.3, -0.25) is 9.10 Å². The van der Waals surface area contributed by atoms with E-state index < -0.39 is 22.0 Å². The topological polar surface area (TPSA) is 66.5 Å². The highest BCUT2D eigenvalue weighted by Crippen LogP contribution is 2.30. The van der Waals surface area contributed by atoms with Crippen molar-refractivity contribution >= 4 is 50.5 Å². The molecule has 0 aromatic heterocycles. The minimum absolute atomic E-state index is 0.215. The van der Waals surface area contributed by atoms with Gasteiger partial charge in [0.1, 0.15) is 6.04 Å². The molecule has 1 N–H and O–H groups in total. The van der Waals surface area contributed by atoms with E-state index in [-0.39, 0.29) is 17.1 Å². The van der Waals surface area contributed by atoms with E-state index >= 15 is 0 Å². The number of hydrogen-bond donors (Lipinski definition) is 1. The summed E-state index contributed by atoms with van der Waals surface area (Å²) in [5.74, 6) is -0.416. The summed E-state index contributed by atoms with van der Waals surface area (Å²) in [6, 6.07) is 9.19. The molecule has 0 aliphatic carbocycles. The Morgan fingerprint density at radius 3 is 2.30 bits per heavy atom. The van der Waals surface area contributed by atoms with Crippen LogP contribution in [-0.4, -0.2) is 26.6 Å². The van der Waals surface area contributed by atoms with Crippen LogP contribution in [0.15, 0.2) is 36.4 Å². The van der Waals surface area contributed by atoms with Crippen molar-refractivity contribution in [3.05, 3.63) is 57.6 Å². The Morgan fingerprint density at radius 1 is 1.11 bits per heavy atom. The molecule has 0 heterocycles. The molecule has 146 valence electrons. The van der Waals surface area contributed by atoms with Gasteiger partial charge in [0.2, 0.25) is 15.9 Å². The third kappa shape index (κ3) is 5.15. The van der Waals surface area contributed by atoms with Crippen molar-refractivity contribution in [2.75, 3.05) is 15.9 Å². The summed E-state index contributed by atoms with van der Waals surface area (Å²) in [5.41, 5.74) is 2.91. The number of halogens is 2. The Morgan fingerprint density at radius 2 is 1.78 bits per heavy atom. The van der Waals surface area contributed by atoms with Crippen molar-refractivity contribution < 1.29 is 13.2 Å². The van der Waals surface area contributed by atoms with Gasteiger partial charge in [-0.1, -0.05) is 47.8 Å². The number of benzene rings is 2. The number of nitrogens with zero attached hydrogens (tertiary/aromatic N) is 1. The average Bonchev–Trinajstić information content (AvgIpc) is 2.56. The summed E-state index contributed by atoms with van der Waals surface area (Å²) in [7, 11) is -3.74. The lowest BCUT2D eigenvalue weighted by atomic mass is 10.1. The van der Waals surface area contributed by atoms with Gasteiger partial charge in [-0.15, -0.1) is 0 Å². The molecule has 0 bridgehead atoms. The van der Waals surface area contributed by atoms with Gasteiger partial charge < -0.3 is 5.32 Å². The highest BCUT2D eigenvalue weighted by atomic mass is 35.5. The molecule has 0 unspecified atom stereocenters. The lowest BCUT2D eigenvalue weighted by molar-refractivity contribution is -0.117. The molecule has 0 spiro atoms. The zero-order valence-electron chi connectivity index (χ0n) is 15.6. The third-order valence-electron chi connectivity index (χ3n) is 4.13. The molecule has 2 rings (SSSR count). The molecule has 5 nitrogen and oxygen atoms in total. The molecule has 1 amide bonds. The molecular weight excluding hydrogens is 407 g/mol. The summed E-state index contributed by atoms with van der Waals surface area (Å²) in [5, 5.41) is 3.35. The van der Waals surface area contributed by atoms with Gasteiger partial charge in [0.25, 0.3) is 0 Å². The van der Waals surface area contributed by atoms with Gasteiger partial charge in [-0.05, 0) is 50.1 Å². The van der Waals surface area contributed by atoms with Crippen molar-refractivity contribution in [1.82, 2.24) is 0 Å². The fourth-order valence-corrected chi connectivity index (χ4v) is 4.35. The van der Waals surface area contributed by atoms with Gasteiger partial charge in [-0.2, -0.15) is 0 Å². The number of carbonyl (C=O) groups is 1. The summed E-state index contributed by atoms with van der Waals surface area (Å²) >= 11 is 12.0. The molecule has 1 atom stereocenters. The smallest absolute Gasteiger partial charge is 0.248 e. The van der Waals surface area contributed by atoms with Crippen LogP contribution in [0.3, 0.4) is 0 Å². The van der Waals surface area contributed by atoms with Gasteiger partial charge >= 0.3 is 0 Å². The fourth-order valence-electron chi connectivity index (χ4n) is 2.85. The monoisotopic (exact) mass is 428 g/mol. The van der Waals surface area contributed by atoms with Crippen LogP contribution >= 0.6 is 23.2 Å². The average molecular weight is 429 g/mol. The number of nitrogens with one attached hydrogen (secondary N) is 1. The van der Waals surface area contributed by atoms with E-state index in [0.29, 0.717) is 10.7 Å². The van der Waals surface area contributed by atoms with E-state index in [2.05, 4.69) is 5.32 Å². The standard InChI is InChI=1S/C19H22Cl2N2O3S/c1-5-18(19(24)22-17-9-6-12(2)10-13(17)3)23(27(4,25)26)14-7-8-15(20)16(21)11-14/h6-11,18H,5H2,1-4H3,(H,22,24)/t18-/m1/s1. The highest BCUT2D eigenvalue weighted by molar-refractivity contribution is 7.92. The zero-order chi connectivity index (χ0) is 20.4. The van der Waals surface area contributed by atoms with Crippen LogP contribution in [-0.2, 0) is 14.8 Å². The van der Waals surface area contributed by atoms with Crippen LogP contribution < -0.4 is 9.62 Å². The Hall–Kier alpha value is -1.76. The Balaban J connectivity index is 2.42. The third-order valence-corrected chi connectivity index (χ3v) is 6.05. The second-order valence-electron chi connectivity index (χ2n) is 6.39. The lowest BCUT2D eigenvalue weighted by Gasteiger charge is -2.30. The number of rotatable bonds is 6. The molecule has 0 saturated carbocycles. The van der Waals surface area contributed by atoms with Crippen LogP contribution in [0.4, 0.5) is 11.4 Å². The summed E-state index contributed by atoms with van der Waals surface area (Å²) in [6.45, 7) is 5.60. The first-order valence-corrected chi connectivity index (χ1v) is 11.0. The number of aryl methyl sites for hydroxylation is 2. The van der Waals surface area contributed by atoms with Gasteiger partial charge in [0, 0.05) is 5.69 Å².